The van der Waals surface area contributed by atoms with Crippen LogP contribution in [0.1, 0.15) is 27.2 Å². The van der Waals surface area contributed by atoms with Crippen LogP contribution in [0.5, 0.6) is 0 Å². The fourth-order valence-corrected chi connectivity index (χ4v) is 2.63. The lowest BCUT2D eigenvalue weighted by molar-refractivity contribution is -0.156. The lowest BCUT2D eigenvalue weighted by Gasteiger charge is -2.19. The molecule has 0 amide bonds. The number of hydrogen-bond donors (Lipinski definition) is 0. The number of ether oxygens (including phenoxy) is 6. The van der Waals surface area contributed by atoms with E-state index in [1.807, 2.05) is 20.8 Å². The molecule has 0 unspecified atom stereocenters. The number of esters is 1. The summed E-state index contributed by atoms with van der Waals surface area (Å²) in [5.74, 6) is -0.253. The van der Waals surface area contributed by atoms with Gasteiger partial charge in [-0.15, -0.1) is 0 Å². The summed E-state index contributed by atoms with van der Waals surface area (Å²) >= 11 is 0. The van der Waals surface area contributed by atoms with Crippen LogP contribution in [0.25, 0.3) is 0 Å². The molecule has 0 aromatic carbocycles. The van der Waals surface area contributed by atoms with Crippen LogP contribution < -0.4 is 0 Å². The molecule has 0 radical (unpaired) electrons. The number of hydrogen-bond acceptors (Lipinski definition) is 8. The maximum atomic E-state index is 11.5. The zero-order valence-electron chi connectivity index (χ0n) is 19.3. The average molecular weight is 439 g/mol. The van der Waals surface area contributed by atoms with Gasteiger partial charge in [0.2, 0.25) is 0 Å². The molecular weight excluding hydrogens is 396 g/mol. The second-order valence-corrected chi connectivity index (χ2v) is 12.9. The normalized spacial score (nSPS) is 12.3. The van der Waals surface area contributed by atoms with Crippen LogP contribution in [-0.4, -0.2) is 92.6 Å². The first-order chi connectivity index (χ1) is 13.6. The van der Waals surface area contributed by atoms with Crippen LogP contribution in [0, 0.1) is 0 Å². The first-order valence-electron chi connectivity index (χ1n) is 10.3. The third kappa shape index (κ3) is 25.4. The van der Waals surface area contributed by atoms with Gasteiger partial charge in [-0.25, -0.2) is 0 Å². The summed E-state index contributed by atoms with van der Waals surface area (Å²) in [5.41, 5.74) is -0.457. The Labute approximate surface area is 177 Å². The molecule has 0 aromatic heterocycles. The van der Waals surface area contributed by atoms with E-state index in [1.165, 1.54) is 0 Å². The summed E-state index contributed by atoms with van der Waals surface area (Å²) in [4.78, 5) is 11.5. The van der Waals surface area contributed by atoms with E-state index in [-0.39, 0.29) is 12.4 Å². The minimum absolute atomic E-state index is 0.248. The summed E-state index contributed by atoms with van der Waals surface area (Å²) in [6.45, 7) is 17.7. The van der Waals surface area contributed by atoms with Crippen LogP contribution >= 0.6 is 0 Å². The molecule has 0 rings (SSSR count). The fraction of sp³-hybridized carbons (Fsp3) is 0.950. The third-order valence-electron chi connectivity index (χ3n) is 3.12. The Kier molecular flexibility index (Phi) is 16.8. The monoisotopic (exact) mass is 438 g/mol. The van der Waals surface area contributed by atoms with E-state index < -0.39 is 13.9 Å². The van der Waals surface area contributed by atoms with Crippen LogP contribution in [0.2, 0.25) is 19.6 Å². The highest BCUT2D eigenvalue weighted by molar-refractivity contribution is 6.69. The number of rotatable bonds is 19. The first-order valence-corrected chi connectivity index (χ1v) is 13.8. The van der Waals surface area contributed by atoms with Gasteiger partial charge >= 0.3 is 5.97 Å². The van der Waals surface area contributed by atoms with Gasteiger partial charge in [-0.2, -0.15) is 0 Å². The topological polar surface area (TPSA) is 81.7 Å². The van der Waals surface area contributed by atoms with Crippen LogP contribution in [0.3, 0.4) is 0 Å². The summed E-state index contributed by atoms with van der Waals surface area (Å²) in [7, 11) is -1.44. The third-order valence-corrected chi connectivity index (χ3v) is 4.19. The van der Waals surface area contributed by atoms with Gasteiger partial charge in [0.15, 0.2) is 8.32 Å². The van der Waals surface area contributed by atoms with Crippen molar-refractivity contribution in [1.82, 2.24) is 0 Å². The average Bonchev–Trinajstić information content (AvgIpc) is 2.58. The summed E-state index contributed by atoms with van der Waals surface area (Å²) < 4.78 is 37.9. The Balaban J connectivity index is 3.16. The predicted molar refractivity (Wildman–Crippen MR) is 114 cm³/mol. The quantitative estimate of drug-likeness (QED) is 0.173. The minimum Gasteiger partial charge on any atom is -0.460 e. The van der Waals surface area contributed by atoms with E-state index in [9.17, 15) is 4.79 Å². The Morgan fingerprint density at radius 2 is 0.966 bits per heavy atom. The van der Waals surface area contributed by atoms with Gasteiger partial charge in [-0.3, -0.25) is 4.79 Å². The van der Waals surface area contributed by atoms with E-state index in [1.54, 1.807) is 0 Å². The Hall–Kier alpha value is -0.553. The van der Waals surface area contributed by atoms with E-state index >= 15 is 0 Å². The molecule has 0 saturated carbocycles. The van der Waals surface area contributed by atoms with Crippen molar-refractivity contribution < 1.29 is 37.6 Å². The second-order valence-electron chi connectivity index (χ2n) is 8.36. The number of carbonyl (C=O) groups is 1. The van der Waals surface area contributed by atoms with Gasteiger partial charge in [0.1, 0.15) is 5.60 Å². The molecule has 0 spiro atoms. The SMILES string of the molecule is CC(C)(C)OC(=O)CCOCCOCCOCCOCCOCCO[Si](C)(C)C. The Bertz CT molecular complexity index is 393. The molecule has 0 atom stereocenters. The van der Waals surface area contributed by atoms with Crippen LogP contribution in [0.4, 0.5) is 0 Å². The van der Waals surface area contributed by atoms with Crippen LogP contribution in [0.15, 0.2) is 0 Å². The van der Waals surface area contributed by atoms with E-state index in [4.69, 9.17) is 32.8 Å². The maximum Gasteiger partial charge on any atom is 0.308 e. The zero-order valence-corrected chi connectivity index (χ0v) is 20.3. The van der Waals surface area contributed by atoms with Crippen molar-refractivity contribution in [3.05, 3.63) is 0 Å². The molecular formula is C20H42O8Si. The van der Waals surface area contributed by atoms with Gasteiger partial charge in [0.25, 0.3) is 0 Å². The van der Waals surface area contributed by atoms with Gasteiger partial charge < -0.3 is 32.8 Å². The van der Waals surface area contributed by atoms with Crippen molar-refractivity contribution in [2.75, 3.05) is 72.7 Å². The fourth-order valence-electron chi connectivity index (χ4n) is 1.94. The summed E-state index contributed by atoms with van der Waals surface area (Å²) in [6, 6.07) is 0. The smallest absolute Gasteiger partial charge is 0.308 e. The van der Waals surface area contributed by atoms with E-state index in [2.05, 4.69) is 19.6 Å². The lowest BCUT2D eigenvalue weighted by Crippen LogP contribution is -2.27. The lowest BCUT2D eigenvalue weighted by atomic mass is 10.2. The molecule has 0 bridgehead atoms. The molecule has 29 heavy (non-hydrogen) atoms. The molecule has 0 aromatic rings. The number of carbonyl (C=O) groups excluding carboxylic acids is 1. The van der Waals surface area contributed by atoms with Crippen molar-refractivity contribution >= 4 is 14.3 Å². The Morgan fingerprint density at radius 1 is 0.621 bits per heavy atom. The van der Waals surface area contributed by atoms with E-state index in [0.717, 1.165) is 0 Å². The van der Waals surface area contributed by atoms with E-state index in [0.29, 0.717) is 72.7 Å². The highest BCUT2D eigenvalue weighted by Gasteiger charge is 2.15. The molecule has 0 aliphatic heterocycles. The highest BCUT2D eigenvalue weighted by atomic mass is 28.4. The molecule has 8 nitrogen and oxygen atoms in total. The summed E-state index contributed by atoms with van der Waals surface area (Å²) in [6.07, 6.45) is 0.248. The minimum atomic E-state index is -1.44. The zero-order chi connectivity index (χ0) is 22.0. The molecule has 0 aliphatic carbocycles. The molecule has 9 heteroatoms. The molecule has 0 saturated heterocycles. The maximum absolute atomic E-state index is 11.5. The van der Waals surface area contributed by atoms with Gasteiger partial charge in [-0.1, -0.05) is 0 Å². The van der Waals surface area contributed by atoms with Crippen molar-refractivity contribution in [2.45, 2.75) is 52.4 Å². The second kappa shape index (κ2) is 17.2. The predicted octanol–water partition coefficient (Wildman–Crippen LogP) is 2.65. The molecule has 0 aliphatic rings. The summed E-state index contributed by atoms with van der Waals surface area (Å²) in [5, 5.41) is 0. The van der Waals surface area contributed by atoms with Crippen molar-refractivity contribution in [3.63, 3.8) is 0 Å². The van der Waals surface area contributed by atoms with Gasteiger partial charge in [0, 0.05) is 0 Å². The largest absolute Gasteiger partial charge is 0.460 e. The standard InChI is InChI=1S/C20H42O8Si/c1-20(2,3)28-19(21)7-8-22-9-10-23-11-12-24-13-14-25-15-16-26-17-18-27-29(4,5)6/h7-18H2,1-6H3. The molecule has 0 N–H and O–H groups in total. The highest BCUT2D eigenvalue weighted by Crippen LogP contribution is 2.08. The van der Waals surface area contributed by atoms with Crippen molar-refractivity contribution in [3.8, 4) is 0 Å². The van der Waals surface area contributed by atoms with Crippen LogP contribution in [-0.2, 0) is 37.6 Å². The Morgan fingerprint density at radius 3 is 1.31 bits per heavy atom. The first kappa shape index (κ1) is 28.4. The molecule has 174 valence electrons. The molecule has 0 heterocycles. The van der Waals surface area contributed by atoms with Gasteiger partial charge in [-0.05, 0) is 40.4 Å². The van der Waals surface area contributed by atoms with Crippen molar-refractivity contribution in [1.29, 1.82) is 0 Å². The van der Waals surface area contributed by atoms with Gasteiger partial charge in [0.05, 0.1) is 79.1 Å². The van der Waals surface area contributed by atoms with Crippen molar-refractivity contribution in [2.24, 2.45) is 0 Å². The molecule has 0 fully saturated rings.